The van der Waals surface area contributed by atoms with Gasteiger partial charge in [0.05, 0.1) is 12.5 Å². The van der Waals surface area contributed by atoms with Crippen LogP contribution in [0.2, 0.25) is 5.02 Å². The predicted octanol–water partition coefficient (Wildman–Crippen LogP) is 3.20. The summed E-state index contributed by atoms with van der Waals surface area (Å²) < 4.78 is 18.7. The van der Waals surface area contributed by atoms with Gasteiger partial charge in [0.1, 0.15) is 23.0 Å². The van der Waals surface area contributed by atoms with Crippen molar-refractivity contribution in [1.82, 2.24) is 10.2 Å². The molecule has 0 unspecified atom stereocenters. The van der Waals surface area contributed by atoms with Crippen molar-refractivity contribution in [2.45, 2.75) is 6.54 Å². The summed E-state index contributed by atoms with van der Waals surface area (Å²) in [5.41, 5.74) is 0.885. The molecule has 1 N–H and O–H groups in total. The van der Waals surface area contributed by atoms with Crippen molar-refractivity contribution >= 4 is 35.6 Å². The Hall–Kier alpha value is -3.91. The van der Waals surface area contributed by atoms with Gasteiger partial charge in [-0.1, -0.05) is 23.7 Å². The lowest BCUT2D eigenvalue weighted by atomic mass is 10.1. The lowest BCUT2D eigenvalue weighted by Crippen LogP contribution is -2.30. The third-order valence-electron chi connectivity index (χ3n) is 4.60. The van der Waals surface area contributed by atoms with E-state index in [2.05, 4.69) is 5.32 Å². The molecule has 1 aliphatic heterocycles. The Bertz CT molecular complexity index is 1230. The number of carbonyl (C=O) groups is 3. The number of hydrogen-bond acceptors (Lipinski definition) is 5. The monoisotopic (exact) mass is 439 g/mol. The van der Waals surface area contributed by atoms with Gasteiger partial charge in [0.25, 0.3) is 5.91 Å². The Labute approximate surface area is 180 Å². The highest BCUT2D eigenvalue weighted by Crippen LogP contribution is 2.28. The topological polar surface area (TPSA) is 103 Å². The van der Waals surface area contributed by atoms with Gasteiger partial charge < -0.3 is 19.6 Å². The molecule has 3 amide bonds. The lowest BCUT2D eigenvalue weighted by Gasteiger charge is -2.11. The second kappa shape index (κ2) is 8.08. The van der Waals surface area contributed by atoms with Crippen LogP contribution in [-0.4, -0.2) is 22.8 Å². The number of halogens is 2. The zero-order chi connectivity index (χ0) is 22.1. The second-order valence-electron chi connectivity index (χ2n) is 6.69. The van der Waals surface area contributed by atoms with Crippen LogP contribution < -0.4 is 10.4 Å². The molecule has 4 rings (SSSR count). The first-order valence-electron chi connectivity index (χ1n) is 9.02. The molecule has 1 aliphatic rings. The van der Waals surface area contributed by atoms with Gasteiger partial charge in [0.2, 0.25) is 0 Å². The minimum absolute atomic E-state index is 0.0114. The highest BCUT2D eigenvalue weighted by Gasteiger charge is 2.33. The van der Waals surface area contributed by atoms with Crippen LogP contribution in [0.3, 0.4) is 0 Å². The molecule has 1 fully saturated rings. The quantitative estimate of drug-likeness (QED) is 0.486. The zero-order valence-electron chi connectivity index (χ0n) is 15.7. The SMILES string of the molecule is O=C([O-])c1cc(-c2ccc(/C=C3/NC(=O)N(Cc4ccc(F)cc4)C3=O)o2)ccc1Cl. The minimum atomic E-state index is -1.42. The number of imide groups is 1. The van der Waals surface area contributed by atoms with E-state index < -0.39 is 23.7 Å². The predicted molar refractivity (Wildman–Crippen MR) is 107 cm³/mol. The van der Waals surface area contributed by atoms with Crippen molar-refractivity contribution in [1.29, 1.82) is 0 Å². The number of nitrogens with one attached hydrogen (secondary N) is 1. The van der Waals surface area contributed by atoms with Crippen LogP contribution in [0.25, 0.3) is 17.4 Å². The largest absolute Gasteiger partial charge is 0.545 e. The maximum atomic E-state index is 13.0. The van der Waals surface area contributed by atoms with E-state index in [1.165, 1.54) is 42.5 Å². The molecule has 0 spiro atoms. The molecule has 3 aromatic rings. The molecular weight excluding hydrogens is 427 g/mol. The summed E-state index contributed by atoms with van der Waals surface area (Å²) in [6.45, 7) is -0.0114. The Morgan fingerprint density at radius 1 is 1.13 bits per heavy atom. The maximum absolute atomic E-state index is 13.0. The highest BCUT2D eigenvalue weighted by molar-refractivity contribution is 6.33. The summed E-state index contributed by atoms with van der Waals surface area (Å²) in [6.07, 6.45) is 1.37. The van der Waals surface area contributed by atoms with Crippen molar-refractivity contribution < 1.29 is 28.3 Å². The third-order valence-corrected chi connectivity index (χ3v) is 4.93. The number of amides is 3. The van der Waals surface area contributed by atoms with Crippen LogP contribution in [-0.2, 0) is 11.3 Å². The number of urea groups is 1. The van der Waals surface area contributed by atoms with Crippen LogP contribution >= 0.6 is 11.6 Å². The van der Waals surface area contributed by atoms with Crippen molar-refractivity contribution in [2.75, 3.05) is 0 Å². The van der Waals surface area contributed by atoms with Gasteiger partial charge in [-0.3, -0.25) is 9.69 Å². The van der Waals surface area contributed by atoms with E-state index in [-0.39, 0.29) is 28.6 Å². The van der Waals surface area contributed by atoms with Gasteiger partial charge in [-0.05, 0) is 48.0 Å². The van der Waals surface area contributed by atoms with E-state index >= 15 is 0 Å². The molecule has 0 bridgehead atoms. The van der Waals surface area contributed by atoms with Gasteiger partial charge in [-0.15, -0.1) is 0 Å². The normalized spacial score (nSPS) is 14.9. The van der Waals surface area contributed by atoms with E-state index in [0.717, 1.165) is 4.90 Å². The van der Waals surface area contributed by atoms with E-state index in [4.69, 9.17) is 16.0 Å². The number of nitrogens with zero attached hydrogens (tertiary/aromatic N) is 1. The van der Waals surface area contributed by atoms with Crippen LogP contribution in [0.4, 0.5) is 9.18 Å². The van der Waals surface area contributed by atoms with Crippen molar-refractivity contribution in [2.24, 2.45) is 0 Å². The average molecular weight is 440 g/mol. The molecule has 2 aromatic carbocycles. The number of carbonyl (C=O) groups excluding carboxylic acids is 3. The Balaban J connectivity index is 1.55. The van der Waals surface area contributed by atoms with Gasteiger partial charge in [0.15, 0.2) is 0 Å². The van der Waals surface area contributed by atoms with Gasteiger partial charge in [-0.2, -0.15) is 0 Å². The molecule has 7 nitrogen and oxygen atoms in total. The van der Waals surface area contributed by atoms with Gasteiger partial charge in [-0.25, -0.2) is 9.18 Å². The van der Waals surface area contributed by atoms with Crippen LogP contribution in [0.1, 0.15) is 21.7 Å². The van der Waals surface area contributed by atoms with Crippen LogP contribution in [0, 0.1) is 5.82 Å². The van der Waals surface area contributed by atoms with Crippen molar-refractivity contribution in [3.05, 3.63) is 88.0 Å². The minimum Gasteiger partial charge on any atom is -0.545 e. The highest BCUT2D eigenvalue weighted by atomic mass is 35.5. The number of aromatic carboxylic acids is 1. The Morgan fingerprint density at radius 3 is 2.58 bits per heavy atom. The third kappa shape index (κ3) is 4.19. The fraction of sp³-hybridized carbons (Fsp3) is 0.0455. The first-order valence-corrected chi connectivity index (χ1v) is 9.40. The standard InChI is InChI=1S/C22H14ClFN2O5/c23-17-7-3-13(9-16(17)21(28)29)19-8-6-15(31-19)10-18-20(27)26(22(30)25-18)11-12-1-4-14(24)5-2-12/h1-10H,11H2,(H,25,30)(H,28,29)/p-1/b18-10+. The molecule has 9 heteroatoms. The zero-order valence-corrected chi connectivity index (χ0v) is 16.5. The summed E-state index contributed by atoms with van der Waals surface area (Å²) >= 11 is 5.84. The van der Waals surface area contributed by atoms with Crippen molar-refractivity contribution in [3.63, 3.8) is 0 Å². The van der Waals surface area contributed by atoms with E-state index in [9.17, 15) is 23.9 Å². The number of carboxylic acid groups (broad SMARTS) is 1. The first kappa shape index (κ1) is 20.4. The number of hydrogen-bond donors (Lipinski definition) is 1. The molecule has 0 aliphatic carbocycles. The van der Waals surface area contributed by atoms with E-state index in [1.54, 1.807) is 18.2 Å². The van der Waals surface area contributed by atoms with E-state index in [1.807, 2.05) is 0 Å². The molecule has 0 radical (unpaired) electrons. The molecule has 31 heavy (non-hydrogen) atoms. The van der Waals surface area contributed by atoms with E-state index in [0.29, 0.717) is 16.9 Å². The fourth-order valence-electron chi connectivity index (χ4n) is 3.05. The smallest absolute Gasteiger partial charge is 0.329 e. The Morgan fingerprint density at radius 2 is 1.87 bits per heavy atom. The first-order chi connectivity index (χ1) is 14.8. The molecule has 1 aromatic heterocycles. The summed E-state index contributed by atoms with van der Waals surface area (Å²) in [7, 11) is 0. The molecular formula is C22H13ClFN2O5-. The fourth-order valence-corrected chi connectivity index (χ4v) is 3.25. The number of carboxylic acids is 1. The van der Waals surface area contributed by atoms with Gasteiger partial charge in [0, 0.05) is 22.2 Å². The number of rotatable bonds is 5. The molecule has 1 saturated heterocycles. The number of furan rings is 1. The molecule has 2 heterocycles. The van der Waals surface area contributed by atoms with Gasteiger partial charge >= 0.3 is 6.03 Å². The summed E-state index contributed by atoms with van der Waals surface area (Å²) in [5, 5.41) is 13.7. The van der Waals surface area contributed by atoms with Crippen LogP contribution in [0.15, 0.2) is 64.7 Å². The molecule has 156 valence electrons. The van der Waals surface area contributed by atoms with Crippen LogP contribution in [0.5, 0.6) is 0 Å². The summed E-state index contributed by atoms with van der Waals surface area (Å²) in [5.74, 6) is -1.78. The van der Waals surface area contributed by atoms with Crippen molar-refractivity contribution in [3.8, 4) is 11.3 Å². The molecule has 0 atom stereocenters. The lowest BCUT2D eigenvalue weighted by molar-refractivity contribution is -0.255. The maximum Gasteiger partial charge on any atom is 0.329 e. The second-order valence-corrected chi connectivity index (χ2v) is 7.10. The Kier molecular flexibility index (Phi) is 5.31. The molecule has 0 saturated carbocycles. The summed E-state index contributed by atoms with van der Waals surface area (Å²) in [4.78, 5) is 36.9. The summed E-state index contributed by atoms with van der Waals surface area (Å²) in [6, 6.07) is 12.3. The number of benzene rings is 2. The average Bonchev–Trinajstić information content (AvgIpc) is 3.30.